The molecule has 1 amide bonds. The zero-order valence-electron chi connectivity index (χ0n) is 13.4. The first-order valence-electron chi connectivity index (χ1n) is 7.67. The van der Waals surface area contributed by atoms with E-state index in [9.17, 15) is 9.59 Å². The van der Waals surface area contributed by atoms with Crippen LogP contribution in [0.25, 0.3) is 0 Å². The van der Waals surface area contributed by atoms with Gasteiger partial charge in [-0.2, -0.15) is 0 Å². The maximum atomic E-state index is 12.2. The Kier molecular flexibility index (Phi) is 6.35. The number of nitrogens with one attached hydrogen (secondary N) is 1. The molecule has 23 heavy (non-hydrogen) atoms. The molecule has 0 saturated carbocycles. The van der Waals surface area contributed by atoms with Crippen molar-refractivity contribution in [3.8, 4) is 5.75 Å². The van der Waals surface area contributed by atoms with E-state index >= 15 is 0 Å². The second kappa shape index (κ2) is 8.48. The Morgan fingerprint density at radius 2 is 2.09 bits per heavy atom. The van der Waals surface area contributed by atoms with E-state index in [1.807, 2.05) is 30.5 Å². The number of benzene rings is 1. The largest absolute Gasteiger partial charge is 0.495 e. The summed E-state index contributed by atoms with van der Waals surface area (Å²) in [5, 5.41) is 4.75. The number of anilines is 1. The molecule has 1 N–H and O–H groups in total. The first kappa shape index (κ1) is 17.2. The third kappa shape index (κ3) is 4.93. The van der Waals surface area contributed by atoms with Crippen molar-refractivity contribution in [3.63, 3.8) is 0 Å². The lowest BCUT2D eigenvalue weighted by Gasteiger charge is -2.11. The molecular weight excluding hydrogens is 310 g/mol. The maximum Gasteiger partial charge on any atom is 0.224 e. The number of unbranched alkanes of at least 4 members (excludes halogenated alkanes) is 1. The number of hydrogen-bond donors (Lipinski definition) is 1. The van der Waals surface area contributed by atoms with Gasteiger partial charge in [-0.25, -0.2) is 0 Å². The summed E-state index contributed by atoms with van der Waals surface area (Å²) < 4.78 is 5.34. The van der Waals surface area contributed by atoms with Crippen LogP contribution in [0.2, 0.25) is 0 Å². The monoisotopic (exact) mass is 331 g/mol. The smallest absolute Gasteiger partial charge is 0.224 e. The lowest BCUT2D eigenvalue weighted by Crippen LogP contribution is -2.12. The fraction of sp³-hybridized carbons (Fsp3) is 0.333. The SMILES string of the molecule is CCCCC(=O)Nc1ccc(CC(=O)c2cccs2)cc1OC. The molecule has 0 aliphatic heterocycles. The highest BCUT2D eigenvalue weighted by molar-refractivity contribution is 7.12. The number of carbonyl (C=O) groups excluding carboxylic acids is 2. The number of carbonyl (C=O) groups is 2. The molecule has 0 radical (unpaired) electrons. The minimum absolute atomic E-state index is 0.0208. The Morgan fingerprint density at radius 1 is 1.26 bits per heavy atom. The van der Waals surface area contributed by atoms with E-state index in [2.05, 4.69) is 5.32 Å². The number of thiophene rings is 1. The van der Waals surface area contributed by atoms with E-state index in [1.165, 1.54) is 11.3 Å². The molecule has 0 spiro atoms. The molecule has 1 aromatic heterocycles. The summed E-state index contributed by atoms with van der Waals surface area (Å²) in [4.78, 5) is 24.7. The molecule has 2 rings (SSSR count). The van der Waals surface area contributed by atoms with E-state index < -0.39 is 0 Å². The topological polar surface area (TPSA) is 55.4 Å². The van der Waals surface area contributed by atoms with Crippen LogP contribution in [-0.4, -0.2) is 18.8 Å². The van der Waals surface area contributed by atoms with Gasteiger partial charge in [0.2, 0.25) is 5.91 Å². The molecule has 0 unspecified atom stereocenters. The molecule has 0 aliphatic carbocycles. The molecule has 0 atom stereocenters. The van der Waals surface area contributed by atoms with Gasteiger partial charge in [0.25, 0.3) is 0 Å². The fourth-order valence-corrected chi connectivity index (χ4v) is 2.87. The van der Waals surface area contributed by atoms with Crippen molar-refractivity contribution in [1.29, 1.82) is 0 Å². The van der Waals surface area contributed by atoms with Gasteiger partial charge in [0.05, 0.1) is 17.7 Å². The Bertz CT molecular complexity index is 665. The normalized spacial score (nSPS) is 10.3. The summed E-state index contributed by atoms with van der Waals surface area (Å²) in [6, 6.07) is 9.14. The zero-order valence-corrected chi connectivity index (χ0v) is 14.2. The number of methoxy groups -OCH3 is 1. The third-order valence-corrected chi connectivity index (χ3v) is 4.37. The molecule has 0 bridgehead atoms. The van der Waals surface area contributed by atoms with Crippen LogP contribution in [0.1, 0.15) is 41.4 Å². The molecule has 122 valence electrons. The van der Waals surface area contributed by atoms with Crippen LogP contribution in [-0.2, 0) is 11.2 Å². The molecule has 1 heterocycles. The number of ether oxygens (including phenoxy) is 1. The van der Waals surface area contributed by atoms with E-state index in [-0.39, 0.29) is 11.7 Å². The predicted octanol–water partition coefficient (Wildman–Crippen LogP) is 4.31. The van der Waals surface area contributed by atoms with E-state index in [0.29, 0.717) is 24.3 Å². The lowest BCUT2D eigenvalue weighted by atomic mass is 10.1. The van der Waals surface area contributed by atoms with Crippen molar-refractivity contribution in [2.45, 2.75) is 32.6 Å². The first-order chi connectivity index (χ1) is 11.1. The van der Waals surface area contributed by atoms with Crippen molar-refractivity contribution >= 4 is 28.7 Å². The fourth-order valence-electron chi connectivity index (χ4n) is 2.21. The van der Waals surface area contributed by atoms with Crippen molar-refractivity contribution in [2.24, 2.45) is 0 Å². The van der Waals surface area contributed by atoms with Crippen molar-refractivity contribution in [2.75, 3.05) is 12.4 Å². The Morgan fingerprint density at radius 3 is 2.74 bits per heavy atom. The summed E-state index contributed by atoms with van der Waals surface area (Å²) in [5.41, 5.74) is 1.51. The quantitative estimate of drug-likeness (QED) is 0.733. The minimum atomic E-state index is -0.0208. The van der Waals surface area contributed by atoms with Gasteiger partial charge < -0.3 is 10.1 Å². The number of rotatable bonds is 8. The lowest BCUT2D eigenvalue weighted by molar-refractivity contribution is -0.116. The van der Waals surface area contributed by atoms with Crippen LogP contribution in [0.3, 0.4) is 0 Å². The van der Waals surface area contributed by atoms with E-state index in [4.69, 9.17) is 4.74 Å². The van der Waals surface area contributed by atoms with Crippen molar-refractivity contribution in [1.82, 2.24) is 0 Å². The van der Waals surface area contributed by atoms with Gasteiger partial charge in [-0.1, -0.05) is 25.5 Å². The Labute approximate surface area is 140 Å². The number of hydrogen-bond acceptors (Lipinski definition) is 4. The minimum Gasteiger partial charge on any atom is -0.495 e. The molecule has 5 heteroatoms. The summed E-state index contributed by atoms with van der Waals surface area (Å²) in [6.07, 6.45) is 2.66. The number of Topliss-reactive ketones (excluding diaryl/α,β-unsaturated/α-hetero) is 1. The van der Waals surface area contributed by atoms with Crippen LogP contribution in [0, 0.1) is 0 Å². The Balaban J connectivity index is 2.06. The van der Waals surface area contributed by atoms with Gasteiger partial charge in [0.15, 0.2) is 5.78 Å². The highest BCUT2D eigenvalue weighted by Crippen LogP contribution is 2.27. The number of amides is 1. The predicted molar refractivity (Wildman–Crippen MR) is 93.5 cm³/mol. The standard InChI is InChI=1S/C18H21NO3S/c1-3-4-7-18(21)19-14-9-8-13(12-16(14)22-2)11-15(20)17-6-5-10-23-17/h5-6,8-10,12H,3-4,7,11H2,1-2H3,(H,19,21). The van der Waals surface area contributed by atoms with Crippen LogP contribution in [0.4, 0.5) is 5.69 Å². The molecule has 0 fully saturated rings. The summed E-state index contributed by atoms with van der Waals surface area (Å²) in [6.45, 7) is 2.05. The molecule has 0 saturated heterocycles. The van der Waals surface area contributed by atoms with Crippen LogP contribution in [0.5, 0.6) is 5.75 Å². The summed E-state index contributed by atoms with van der Waals surface area (Å²) in [7, 11) is 1.56. The van der Waals surface area contributed by atoms with Gasteiger partial charge in [-0.05, 0) is 35.6 Å². The highest BCUT2D eigenvalue weighted by Gasteiger charge is 2.12. The second-order valence-corrected chi connectivity index (χ2v) is 6.21. The molecule has 0 aliphatic rings. The average Bonchev–Trinajstić information content (AvgIpc) is 3.09. The zero-order chi connectivity index (χ0) is 16.7. The highest BCUT2D eigenvalue weighted by atomic mass is 32.1. The van der Waals surface area contributed by atoms with Gasteiger partial charge in [0.1, 0.15) is 5.75 Å². The Hall–Kier alpha value is -2.14. The second-order valence-electron chi connectivity index (χ2n) is 5.26. The van der Waals surface area contributed by atoms with Crippen LogP contribution in [0.15, 0.2) is 35.7 Å². The third-order valence-electron chi connectivity index (χ3n) is 3.46. The van der Waals surface area contributed by atoms with Gasteiger partial charge >= 0.3 is 0 Å². The summed E-state index contributed by atoms with van der Waals surface area (Å²) in [5.74, 6) is 0.640. The maximum absolute atomic E-state index is 12.2. The van der Waals surface area contributed by atoms with Crippen molar-refractivity contribution in [3.05, 3.63) is 46.2 Å². The number of ketones is 1. The van der Waals surface area contributed by atoms with Gasteiger partial charge in [-0.3, -0.25) is 9.59 Å². The van der Waals surface area contributed by atoms with E-state index in [1.54, 1.807) is 19.2 Å². The van der Waals surface area contributed by atoms with Crippen LogP contribution < -0.4 is 10.1 Å². The van der Waals surface area contributed by atoms with E-state index in [0.717, 1.165) is 23.3 Å². The van der Waals surface area contributed by atoms with Gasteiger partial charge in [0, 0.05) is 12.8 Å². The molecule has 1 aromatic carbocycles. The van der Waals surface area contributed by atoms with Crippen molar-refractivity contribution < 1.29 is 14.3 Å². The molecule has 2 aromatic rings. The summed E-state index contributed by atoms with van der Waals surface area (Å²) >= 11 is 1.44. The van der Waals surface area contributed by atoms with Crippen LogP contribution >= 0.6 is 11.3 Å². The average molecular weight is 331 g/mol. The first-order valence-corrected chi connectivity index (χ1v) is 8.55. The van der Waals surface area contributed by atoms with Gasteiger partial charge in [-0.15, -0.1) is 11.3 Å². The molecule has 4 nitrogen and oxygen atoms in total. The molecular formula is C18H21NO3S.